The molecule has 1 saturated carbocycles. The molecule has 1 aromatic rings. The summed E-state index contributed by atoms with van der Waals surface area (Å²) in [7, 11) is -3.80. The number of amides is 3. The van der Waals surface area contributed by atoms with Gasteiger partial charge in [-0.05, 0) is 49.5 Å². The quantitative estimate of drug-likeness (QED) is 0.320. The van der Waals surface area contributed by atoms with E-state index in [1.807, 2.05) is 30.3 Å². The Bertz CT molecular complexity index is 1100. The molecule has 2 heterocycles. The van der Waals surface area contributed by atoms with Crippen LogP contribution in [0.15, 0.2) is 30.3 Å². The molecule has 3 aliphatic rings. The minimum Gasteiger partial charge on any atom is -0.344 e. The summed E-state index contributed by atoms with van der Waals surface area (Å²) in [5, 5.41) is 4.96. The lowest BCUT2D eigenvalue weighted by Gasteiger charge is -2.32. The van der Waals surface area contributed by atoms with E-state index >= 15 is 0 Å². The van der Waals surface area contributed by atoms with Crippen LogP contribution in [0.5, 0.6) is 0 Å². The molecule has 3 amide bonds. The third-order valence-electron chi connectivity index (χ3n) is 9.54. The standard InChI is InChI=1S/C32H50N3O5P/c1-3-14-24(4-2)21-29(36)33-27-18-12-7-5-6-11-17-26-22-32(26,41(39,40)23-25-15-9-8-10-16-25)34-30(37)28-19-13-20-35(28)31(27)38/h8-10,15-16,24,26-28H,3-7,11-14,17-23H2,1-2H3,(H,33,36)(H,34,37)(H,39,40)/t24?,26-,27+,28+,32+/m1/s1. The predicted molar refractivity (Wildman–Crippen MR) is 161 cm³/mol. The highest BCUT2D eigenvalue weighted by Crippen LogP contribution is 2.71. The van der Waals surface area contributed by atoms with Gasteiger partial charge in [-0.25, -0.2) is 0 Å². The number of hydrogen-bond acceptors (Lipinski definition) is 4. The van der Waals surface area contributed by atoms with Crippen molar-refractivity contribution in [3.8, 4) is 0 Å². The van der Waals surface area contributed by atoms with Gasteiger partial charge in [-0.15, -0.1) is 0 Å². The van der Waals surface area contributed by atoms with Gasteiger partial charge in [0.05, 0.1) is 6.16 Å². The molecular weight excluding hydrogens is 537 g/mol. The average Bonchev–Trinajstić information content (AvgIpc) is 3.42. The first-order valence-corrected chi connectivity index (χ1v) is 17.8. The molecule has 228 valence electrons. The summed E-state index contributed by atoms with van der Waals surface area (Å²) in [5.74, 6) is -0.371. The number of nitrogens with zero attached hydrogens (tertiary/aromatic N) is 1. The summed E-state index contributed by atoms with van der Waals surface area (Å²) < 4.78 is 13.9. The zero-order valence-corrected chi connectivity index (χ0v) is 25.9. The molecule has 0 radical (unpaired) electrons. The van der Waals surface area contributed by atoms with Gasteiger partial charge in [-0.2, -0.15) is 0 Å². The first-order valence-electron chi connectivity index (χ1n) is 16.0. The Morgan fingerprint density at radius 1 is 1.07 bits per heavy atom. The van der Waals surface area contributed by atoms with E-state index in [4.69, 9.17) is 0 Å². The Morgan fingerprint density at radius 2 is 1.78 bits per heavy atom. The molecule has 2 aliphatic heterocycles. The molecule has 2 unspecified atom stereocenters. The predicted octanol–water partition coefficient (Wildman–Crippen LogP) is 5.73. The largest absolute Gasteiger partial charge is 0.344 e. The Hall–Kier alpha value is -2.18. The molecule has 3 N–H and O–H groups in total. The van der Waals surface area contributed by atoms with Gasteiger partial charge in [0.15, 0.2) is 0 Å². The number of carbonyl (C=O) groups is 3. The van der Waals surface area contributed by atoms with Crippen LogP contribution in [0.4, 0.5) is 0 Å². The van der Waals surface area contributed by atoms with Crippen molar-refractivity contribution in [2.75, 3.05) is 6.54 Å². The summed E-state index contributed by atoms with van der Waals surface area (Å²) in [6, 6.07) is 7.95. The summed E-state index contributed by atoms with van der Waals surface area (Å²) >= 11 is 0. The minimum absolute atomic E-state index is 0.0167. The van der Waals surface area contributed by atoms with Gasteiger partial charge in [-0.1, -0.05) is 95.5 Å². The van der Waals surface area contributed by atoms with Gasteiger partial charge in [0.25, 0.3) is 0 Å². The summed E-state index contributed by atoms with van der Waals surface area (Å²) in [6.07, 6.45) is 11.2. The summed E-state index contributed by atoms with van der Waals surface area (Å²) in [4.78, 5) is 53.7. The number of fused-ring (bicyclic) bond motifs is 2. The third-order valence-corrected chi connectivity index (χ3v) is 12.2. The third kappa shape index (κ3) is 7.81. The van der Waals surface area contributed by atoms with Crippen LogP contribution in [0.3, 0.4) is 0 Å². The monoisotopic (exact) mass is 587 g/mol. The SMILES string of the molecule is CCCC(CC)CC(=O)N[C@H]1CCCCCCC[C@@H]2C[C@@]2(P(=O)(O)Cc2ccccc2)NC(=O)[C@@H]2CCCN2C1=O. The molecular formula is C32H50N3O5P. The highest BCUT2D eigenvalue weighted by molar-refractivity contribution is 7.59. The highest BCUT2D eigenvalue weighted by Gasteiger charge is 2.66. The van der Waals surface area contributed by atoms with Crippen LogP contribution in [0.1, 0.15) is 109 Å². The van der Waals surface area contributed by atoms with Gasteiger partial charge < -0.3 is 20.4 Å². The van der Waals surface area contributed by atoms with Crippen LogP contribution in [-0.4, -0.2) is 51.4 Å². The molecule has 2 saturated heterocycles. The van der Waals surface area contributed by atoms with Gasteiger partial charge in [0.2, 0.25) is 25.1 Å². The van der Waals surface area contributed by atoms with Crippen LogP contribution in [0, 0.1) is 11.8 Å². The normalized spacial score (nSPS) is 29.6. The smallest absolute Gasteiger partial charge is 0.245 e. The van der Waals surface area contributed by atoms with Crippen molar-refractivity contribution in [2.45, 2.75) is 127 Å². The molecule has 0 aromatic heterocycles. The van der Waals surface area contributed by atoms with E-state index < -0.39 is 24.7 Å². The molecule has 9 heteroatoms. The minimum atomic E-state index is -3.80. The molecule has 3 fully saturated rings. The van der Waals surface area contributed by atoms with Crippen LogP contribution in [0.2, 0.25) is 0 Å². The van der Waals surface area contributed by atoms with Gasteiger partial charge in [0, 0.05) is 13.0 Å². The number of rotatable bonds is 9. The van der Waals surface area contributed by atoms with E-state index in [0.29, 0.717) is 44.6 Å². The number of hydrogen-bond donors (Lipinski definition) is 3. The molecule has 8 nitrogen and oxygen atoms in total. The van der Waals surface area contributed by atoms with Crippen molar-refractivity contribution in [1.82, 2.24) is 15.5 Å². The van der Waals surface area contributed by atoms with Crippen LogP contribution >= 0.6 is 7.37 Å². The molecule has 41 heavy (non-hydrogen) atoms. The highest BCUT2D eigenvalue weighted by atomic mass is 31.2. The zero-order chi connectivity index (χ0) is 29.5. The van der Waals surface area contributed by atoms with Gasteiger partial charge in [0.1, 0.15) is 17.4 Å². The lowest BCUT2D eigenvalue weighted by molar-refractivity contribution is -0.141. The number of carbonyl (C=O) groups excluding carboxylic acids is 3. The topological polar surface area (TPSA) is 116 Å². The van der Waals surface area contributed by atoms with Crippen molar-refractivity contribution < 1.29 is 23.8 Å². The van der Waals surface area contributed by atoms with E-state index in [-0.39, 0.29) is 29.8 Å². The van der Waals surface area contributed by atoms with Gasteiger partial charge >= 0.3 is 0 Å². The zero-order valence-electron chi connectivity index (χ0n) is 25.0. The first kappa shape index (κ1) is 31.7. The van der Waals surface area contributed by atoms with Crippen LogP contribution < -0.4 is 10.6 Å². The Morgan fingerprint density at radius 3 is 2.49 bits per heavy atom. The number of nitrogens with one attached hydrogen (secondary N) is 2. The fraction of sp³-hybridized carbons (Fsp3) is 0.719. The molecule has 0 spiro atoms. The Balaban J connectivity index is 1.53. The maximum Gasteiger partial charge on any atom is 0.245 e. The Labute approximate surface area is 245 Å². The first-order chi connectivity index (χ1) is 19.7. The van der Waals surface area contributed by atoms with E-state index in [9.17, 15) is 23.8 Å². The lowest BCUT2D eigenvalue weighted by atomic mass is 9.96. The molecule has 6 atom stereocenters. The van der Waals surface area contributed by atoms with Crippen molar-refractivity contribution >= 4 is 25.1 Å². The van der Waals surface area contributed by atoms with Crippen LogP contribution in [0.25, 0.3) is 0 Å². The second kappa shape index (κ2) is 14.3. The summed E-state index contributed by atoms with van der Waals surface area (Å²) in [6.45, 7) is 4.67. The molecule has 0 bridgehead atoms. The second-order valence-corrected chi connectivity index (χ2v) is 15.1. The van der Waals surface area contributed by atoms with Crippen molar-refractivity contribution in [3.63, 3.8) is 0 Å². The summed E-state index contributed by atoms with van der Waals surface area (Å²) in [5.41, 5.74) is 0.781. The van der Waals surface area contributed by atoms with Crippen molar-refractivity contribution in [3.05, 3.63) is 35.9 Å². The average molecular weight is 588 g/mol. The van der Waals surface area contributed by atoms with E-state index in [1.54, 1.807) is 4.90 Å². The fourth-order valence-electron chi connectivity index (χ4n) is 7.00. The number of benzene rings is 1. The lowest BCUT2D eigenvalue weighted by Crippen LogP contribution is -2.55. The molecule has 1 aliphatic carbocycles. The van der Waals surface area contributed by atoms with Gasteiger partial charge in [-0.3, -0.25) is 18.9 Å². The van der Waals surface area contributed by atoms with E-state index in [2.05, 4.69) is 24.5 Å². The van der Waals surface area contributed by atoms with E-state index in [0.717, 1.165) is 63.4 Å². The van der Waals surface area contributed by atoms with Crippen LogP contribution in [-0.2, 0) is 25.1 Å². The molecule has 4 rings (SSSR count). The maximum absolute atomic E-state index is 13.9. The van der Waals surface area contributed by atoms with Crippen molar-refractivity contribution in [2.24, 2.45) is 11.8 Å². The van der Waals surface area contributed by atoms with E-state index in [1.165, 1.54) is 0 Å². The molecule has 1 aromatic carbocycles. The second-order valence-electron chi connectivity index (χ2n) is 12.6. The fourth-order valence-corrected chi connectivity index (χ4v) is 9.48. The van der Waals surface area contributed by atoms with Crippen molar-refractivity contribution in [1.29, 1.82) is 0 Å². The Kier molecular flexibility index (Phi) is 11.1. The maximum atomic E-state index is 13.9.